The molecule has 2 rings (SSSR count). The zero-order valence-corrected chi connectivity index (χ0v) is 12.3. The first-order chi connectivity index (χ1) is 9.59. The quantitative estimate of drug-likeness (QED) is 0.918. The van der Waals surface area contributed by atoms with Gasteiger partial charge in [0.2, 0.25) is 5.91 Å². The lowest BCUT2D eigenvalue weighted by atomic mass is 9.74. The highest BCUT2D eigenvalue weighted by molar-refractivity contribution is 5.97. The number of rotatable bonds is 4. The van der Waals surface area contributed by atoms with Crippen LogP contribution in [0.1, 0.15) is 32.6 Å². The van der Waals surface area contributed by atoms with Crippen molar-refractivity contribution in [3.05, 3.63) is 30.1 Å². The van der Waals surface area contributed by atoms with E-state index in [1.807, 2.05) is 0 Å². The molecule has 20 heavy (non-hydrogen) atoms. The first-order valence-corrected chi connectivity index (χ1v) is 7.33. The van der Waals surface area contributed by atoms with Crippen molar-refractivity contribution in [1.82, 2.24) is 5.32 Å². The van der Waals surface area contributed by atoms with E-state index in [2.05, 4.69) is 12.2 Å². The summed E-state index contributed by atoms with van der Waals surface area (Å²) in [6.07, 6.45) is 3.61. The average molecular weight is 278 g/mol. The Balaban J connectivity index is 2.22. The Kier molecular flexibility index (Phi) is 4.76. The van der Waals surface area contributed by atoms with Gasteiger partial charge in [-0.25, -0.2) is 4.39 Å². The van der Waals surface area contributed by atoms with E-state index >= 15 is 0 Å². The van der Waals surface area contributed by atoms with Crippen LogP contribution in [-0.2, 0) is 4.79 Å². The lowest BCUT2D eigenvalue weighted by molar-refractivity contribution is -0.130. The highest BCUT2D eigenvalue weighted by Crippen LogP contribution is 2.37. The molecule has 1 amide bonds. The van der Waals surface area contributed by atoms with Gasteiger partial charge in [0.25, 0.3) is 0 Å². The number of carbonyl (C=O) groups is 1. The van der Waals surface area contributed by atoms with Crippen LogP contribution < -0.4 is 10.2 Å². The SMILES string of the molecule is CCCC1(C(=O)N(C)c2cccc(F)c2)CCNCC1. The molecule has 1 aliphatic heterocycles. The molecule has 4 heteroatoms. The molecule has 1 N–H and O–H groups in total. The molecule has 0 spiro atoms. The molecule has 3 nitrogen and oxygen atoms in total. The molecule has 1 aromatic carbocycles. The van der Waals surface area contributed by atoms with E-state index in [1.165, 1.54) is 12.1 Å². The zero-order chi connectivity index (χ0) is 14.6. The van der Waals surface area contributed by atoms with Gasteiger partial charge < -0.3 is 10.2 Å². The van der Waals surface area contributed by atoms with E-state index in [0.29, 0.717) is 5.69 Å². The lowest BCUT2D eigenvalue weighted by Crippen LogP contribution is -2.48. The number of hydrogen-bond acceptors (Lipinski definition) is 2. The topological polar surface area (TPSA) is 32.3 Å². The van der Waals surface area contributed by atoms with Gasteiger partial charge in [0.15, 0.2) is 0 Å². The maximum absolute atomic E-state index is 13.3. The number of nitrogens with one attached hydrogen (secondary N) is 1. The number of benzene rings is 1. The van der Waals surface area contributed by atoms with Crippen LogP contribution in [0.2, 0.25) is 0 Å². The minimum absolute atomic E-state index is 0.117. The third kappa shape index (κ3) is 3.01. The fourth-order valence-electron chi connectivity index (χ4n) is 3.11. The van der Waals surface area contributed by atoms with E-state index in [-0.39, 0.29) is 17.1 Å². The van der Waals surface area contributed by atoms with Gasteiger partial charge in [0.1, 0.15) is 5.82 Å². The van der Waals surface area contributed by atoms with Crippen molar-refractivity contribution in [3.8, 4) is 0 Å². The second kappa shape index (κ2) is 6.35. The van der Waals surface area contributed by atoms with Crippen LogP contribution in [0.5, 0.6) is 0 Å². The van der Waals surface area contributed by atoms with Crippen molar-refractivity contribution in [1.29, 1.82) is 0 Å². The molecular formula is C16H23FN2O. The Morgan fingerprint density at radius 1 is 1.40 bits per heavy atom. The first-order valence-electron chi connectivity index (χ1n) is 7.33. The van der Waals surface area contributed by atoms with E-state index in [4.69, 9.17) is 0 Å². The second-order valence-corrected chi connectivity index (χ2v) is 5.62. The van der Waals surface area contributed by atoms with Gasteiger partial charge in [-0.1, -0.05) is 19.4 Å². The average Bonchev–Trinajstić information content (AvgIpc) is 2.47. The smallest absolute Gasteiger partial charge is 0.233 e. The number of carbonyl (C=O) groups excluding carboxylic acids is 1. The largest absolute Gasteiger partial charge is 0.317 e. The minimum atomic E-state index is -0.308. The summed E-state index contributed by atoms with van der Waals surface area (Å²) in [5, 5.41) is 3.31. The Hall–Kier alpha value is -1.42. The highest BCUT2D eigenvalue weighted by Gasteiger charge is 2.40. The van der Waals surface area contributed by atoms with Crippen LogP contribution in [0.4, 0.5) is 10.1 Å². The second-order valence-electron chi connectivity index (χ2n) is 5.62. The van der Waals surface area contributed by atoms with Crippen LogP contribution >= 0.6 is 0 Å². The van der Waals surface area contributed by atoms with Crippen molar-refractivity contribution in [2.45, 2.75) is 32.6 Å². The summed E-state index contributed by atoms with van der Waals surface area (Å²) in [6, 6.07) is 6.23. The fourth-order valence-corrected chi connectivity index (χ4v) is 3.11. The van der Waals surface area contributed by atoms with Crippen molar-refractivity contribution in [3.63, 3.8) is 0 Å². The summed E-state index contributed by atoms with van der Waals surface area (Å²) >= 11 is 0. The Morgan fingerprint density at radius 2 is 2.10 bits per heavy atom. The lowest BCUT2D eigenvalue weighted by Gasteiger charge is -2.39. The summed E-state index contributed by atoms with van der Waals surface area (Å²) in [5.41, 5.74) is 0.338. The van der Waals surface area contributed by atoms with Crippen LogP contribution in [0.25, 0.3) is 0 Å². The molecule has 1 heterocycles. The van der Waals surface area contributed by atoms with Crippen molar-refractivity contribution >= 4 is 11.6 Å². The standard InChI is InChI=1S/C16H23FN2O/c1-3-7-16(8-10-18-11-9-16)15(20)19(2)14-6-4-5-13(17)12-14/h4-6,12,18H,3,7-11H2,1-2H3. The number of nitrogens with zero attached hydrogens (tertiary/aromatic N) is 1. The normalized spacial score (nSPS) is 17.8. The molecular weight excluding hydrogens is 255 g/mol. The summed E-state index contributed by atoms with van der Waals surface area (Å²) in [6.45, 7) is 3.87. The van der Waals surface area contributed by atoms with Gasteiger partial charge in [-0.2, -0.15) is 0 Å². The monoisotopic (exact) mass is 278 g/mol. The third-order valence-corrected chi connectivity index (χ3v) is 4.24. The molecule has 0 saturated carbocycles. The molecule has 0 radical (unpaired) electrons. The molecule has 110 valence electrons. The van der Waals surface area contributed by atoms with Crippen LogP contribution in [-0.4, -0.2) is 26.0 Å². The van der Waals surface area contributed by atoms with E-state index < -0.39 is 0 Å². The summed E-state index contributed by atoms with van der Waals surface area (Å²) in [5.74, 6) is -0.191. The predicted octanol–water partition coefficient (Wildman–Crippen LogP) is 2.96. The Bertz CT molecular complexity index is 464. The molecule has 0 atom stereocenters. The molecule has 0 aliphatic carbocycles. The van der Waals surface area contributed by atoms with Crippen molar-refractivity contribution in [2.24, 2.45) is 5.41 Å². The molecule has 0 unspecified atom stereocenters. The van der Waals surface area contributed by atoms with E-state index in [1.54, 1.807) is 24.1 Å². The van der Waals surface area contributed by atoms with Gasteiger partial charge in [-0.3, -0.25) is 4.79 Å². The zero-order valence-electron chi connectivity index (χ0n) is 12.3. The van der Waals surface area contributed by atoms with Crippen LogP contribution in [0, 0.1) is 11.2 Å². The van der Waals surface area contributed by atoms with E-state index in [0.717, 1.165) is 38.8 Å². The molecule has 1 saturated heterocycles. The van der Waals surface area contributed by atoms with Gasteiger partial charge in [0.05, 0.1) is 5.41 Å². The Morgan fingerprint density at radius 3 is 2.70 bits per heavy atom. The fraction of sp³-hybridized carbons (Fsp3) is 0.562. The molecule has 1 aliphatic rings. The summed E-state index contributed by atoms with van der Waals surface area (Å²) < 4.78 is 13.3. The number of halogens is 1. The predicted molar refractivity (Wildman–Crippen MR) is 79.3 cm³/mol. The van der Waals surface area contributed by atoms with Gasteiger partial charge in [-0.05, 0) is 50.6 Å². The molecule has 1 aromatic rings. The molecule has 0 aromatic heterocycles. The van der Waals surface area contributed by atoms with Gasteiger partial charge in [0, 0.05) is 12.7 Å². The number of amides is 1. The number of hydrogen-bond donors (Lipinski definition) is 1. The maximum Gasteiger partial charge on any atom is 0.233 e. The van der Waals surface area contributed by atoms with Gasteiger partial charge >= 0.3 is 0 Å². The van der Waals surface area contributed by atoms with E-state index in [9.17, 15) is 9.18 Å². The Labute approximate surface area is 120 Å². The first kappa shape index (κ1) is 15.0. The van der Waals surface area contributed by atoms with Crippen molar-refractivity contribution < 1.29 is 9.18 Å². The van der Waals surface area contributed by atoms with Gasteiger partial charge in [-0.15, -0.1) is 0 Å². The molecule has 0 bridgehead atoms. The number of anilines is 1. The maximum atomic E-state index is 13.3. The summed E-state index contributed by atoms with van der Waals surface area (Å²) in [4.78, 5) is 14.5. The minimum Gasteiger partial charge on any atom is -0.317 e. The van der Waals surface area contributed by atoms with Crippen LogP contribution in [0.3, 0.4) is 0 Å². The highest BCUT2D eigenvalue weighted by atomic mass is 19.1. The molecule has 1 fully saturated rings. The number of piperidine rings is 1. The van der Waals surface area contributed by atoms with Crippen LogP contribution in [0.15, 0.2) is 24.3 Å². The third-order valence-electron chi connectivity index (χ3n) is 4.24. The summed E-state index contributed by atoms with van der Waals surface area (Å²) in [7, 11) is 1.75. The van der Waals surface area contributed by atoms with Crippen molar-refractivity contribution in [2.75, 3.05) is 25.0 Å².